The smallest absolute Gasteiger partial charge is 0.245 e. The Hall–Kier alpha value is -0.790. The first-order valence-corrected chi connectivity index (χ1v) is 12.1. The number of likely N-dealkylation sites (tertiary alicyclic amines) is 1. The third kappa shape index (κ3) is 6.86. The van der Waals surface area contributed by atoms with Gasteiger partial charge in [0.25, 0.3) is 0 Å². The van der Waals surface area contributed by atoms with E-state index in [1.165, 1.54) is 32.1 Å². The van der Waals surface area contributed by atoms with Gasteiger partial charge in [0.1, 0.15) is 6.04 Å². The van der Waals surface area contributed by atoms with Crippen molar-refractivity contribution in [1.29, 1.82) is 0 Å². The van der Waals surface area contributed by atoms with Gasteiger partial charge < -0.3 is 21.3 Å². The topological polar surface area (TPSA) is 70.4 Å². The molecule has 0 aromatic carbocycles. The number of hydrogen-bond donors (Lipinski definition) is 3. The summed E-state index contributed by atoms with van der Waals surface area (Å²) in [7, 11) is 0. The Labute approximate surface area is 187 Å². The van der Waals surface area contributed by atoms with Crippen molar-refractivity contribution >= 4 is 40.3 Å². The van der Waals surface area contributed by atoms with Crippen LogP contribution in [0.2, 0.25) is 0 Å². The second-order valence-electron chi connectivity index (χ2n) is 9.82. The minimum absolute atomic E-state index is 0.117. The molecule has 1 saturated heterocycles. The second kappa shape index (κ2) is 11.0. The first kappa shape index (κ1) is 24.5. The largest absolute Gasteiger partial charge is 0.377 e. The van der Waals surface area contributed by atoms with Crippen LogP contribution in [0.1, 0.15) is 72.6 Å². The first-order chi connectivity index (χ1) is 13.7. The Morgan fingerprint density at radius 1 is 1.28 bits per heavy atom. The molecule has 0 spiro atoms. The summed E-state index contributed by atoms with van der Waals surface area (Å²) >= 11 is 10.9. The summed E-state index contributed by atoms with van der Waals surface area (Å²) in [6.07, 6.45) is 8.45. The minimum atomic E-state index is -0.364. The molecule has 1 heterocycles. The molecule has 0 bridgehead atoms. The molecule has 29 heavy (non-hydrogen) atoms. The first-order valence-electron chi connectivity index (χ1n) is 11.2. The van der Waals surface area contributed by atoms with Gasteiger partial charge in [0.15, 0.2) is 0 Å². The zero-order valence-electron chi connectivity index (χ0n) is 18.6. The maximum absolute atomic E-state index is 13.3. The van der Waals surface area contributed by atoms with Gasteiger partial charge in [-0.25, -0.2) is 0 Å². The normalized spacial score (nSPS) is 25.3. The standard InChI is InChI=1S/C22H40N4OS2/c1-5-6-8-15-11-16(12-15)20(29)24-14-17-9-7-10-26(17)21(27)19(22(2,3)4)25-18(28)13-23/h15-17,19H,5-14,23H2,1-4H3,(H,24,29)(H,25,28). The van der Waals surface area contributed by atoms with Crippen LogP contribution in [0, 0.1) is 17.3 Å². The van der Waals surface area contributed by atoms with Crippen molar-refractivity contribution in [2.24, 2.45) is 23.0 Å². The van der Waals surface area contributed by atoms with E-state index in [-0.39, 0.29) is 30.0 Å². The van der Waals surface area contributed by atoms with Crippen LogP contribution in [0.5, 0.6) is 0 Å². The van der Waals surface area contributed by atoms with Crippen molar-refractivity contribution in [3.8, 4) is 0 Å². The van der Waals surface area contributed by atoms with E-state index in [0.717, 1.165) is 36.8 Å². The van der Waals surface area contributed by atoms with E-state index in [1.54, 1.807) is 0 Å². The molecule has 1 aliphatic heterocycles. The van der Waals surface area contributed by atoms with Gasteiger partial charge in [-0.1, -0.05) is 71.4 Å². The highest BCUT2D eigenvalue weighted by Crippen LogP contribution is 2.37. The third-order valence-electron chi connectivity index (χ3n) is 6.35. The number of carbonyl (C=O) groups excluding carboxylic acids is 1. The summed E-state index contributed by atoms with van der Waals surface area (Å²) in [5.41, 5.74) is 5.41. The summed E-state index contributed by atoms with van der Waals surface area (Å²) in [6, 6.07) is -0.174. The number of nitrogens with two attached hydrogens (primary N) is 1. The number of rotatable bonds is 9. The maximum atomic E-state index is 13.3. The Morgan fingerprint density at radius 3 is 2.55 bits per heavy atom. The number of carbonyl (C=O) groups is 1. The SMILES string of the molecule is CCCCC1CC(C(=S)NCC2CCCN2C(=O)C(NC(=S)CN)C(C)(C)C)C1. The second-order valence-corrected chi connectivity index (χ2v) is 10.8. The van der Waals surface area contributed by atoms with Gasteiger partial charge in [0.05, 0.1) is 9.98 Å². The van der Waals surface area contributed by atoms with E-state index in [9.17, 15) is 4.79 Å². The molecule has 5 nitrogen and oxygen atoms in total. The minimum Gasteiger partial charge on any atom is -0.377 e. The van der Waals surface area contributed by atoms with E-state index in [1.807, 2.05) is 4.90 Å². The summed E-state index contributed by atoms with van der Waals surface area (Å²) in [6.45, 7) is 10.2. The Balaban J connectivity index is 1.87. The molecular weight excluding hydrogens is 400 g/mol. The van der Waals surface area contributed by atoms with Crippen LogP contribution >= 0.6 is 24.4 Å². The summed E-state index contributed by atoms with van der Waals surface area (Å²) in [5, 5.41) is 6.68. The average Bonchev–Trinajstić information content (AvgIpc) is 3.10. The lowest BCUT2D eigenvalue weighted by atomic mass is 9.72. The van der Waals surface area contributed by atoms with Crippen LogP contribution < -0.4 is 16.4 Å². The van der Waals surface area contributed by atoms with Crippen molar-refractivity contribution in [2.75, 3.05) is 19.6 Å². The number of hydrogen-bond acceptors (Lipinski definition) is 4. The lowest BCUT2D eigenvalue weighted by Gasteiger charge is -2.38. The lowest BCUT2D eigenvalue weighted by molar-refractivity contribution is -0.136. The van der Waals surface area contributed by atoms with Gasteiger partial charge >= 0.3 is 0 Å². The van der Waals surface area contributed by atoms with Crippen molar-refractivity contribution in [2.45, 2.75) is 84.7 Å². The number of nitrogens with zero attached hydrogens (tertiary/aromatic N) is 1. The highest BCUT2D eigenvalue weighted by atomic mass is 32.1. The molecular formula is C22H40N4OS2. The molecule has 1 saturated carbocycles. The van der Waals surface area contributed by atoms with Gasteiger partial charge in [-0.2, -0.15) is 0 Å². The zero-order valence-corrected chi connectivity index (χ0v) is 20.3. The van der Waals surface area contributed by atoms with E-state index in [2.05, 4.69) is 38.3 Å². The molecule has 0 radical (unpaired) electrons. The summed E-state index contributed by atoms with van der Waals surface area (Å²) in [4.78, 5) is 16.9. The van der Waals surface area contributed by atoms with E-state index >= 15 is 0 Å². The monoisotopic (exact) mass is 440 g/mol. The van der Waals surface area contributed by atoms with Crippen LogP contribution in [0.25, 0.3) is 0 Å². The quantitative estimate of drug-likeness (QED) is 0.477. The van der Waals surface area contributed by atoms with Gasteiger partial charge in [0, 0.05) is 31.6 Å². The van der Waals surface area contributed by atoms with E-state index < -0.39 is 0 Å². The fourth-order valence-corrected chi connectivity index (χ4v) is 4.81. The molecule has 1 aliphatic carbocycles. The number of unbranched alkanes of at least 4 members (excludes halogenated alkanes) is 1. The van der Waals surface area contributed by atoms with Gasteiger partial charge in [-0.05, 0) is 37.0 Å². The zero-order chi connectivity index (χ0) is 21.6. The van der Waals surface area contributed by atoms with Crippen LogP contribution in [0.4, 0.5) is 0 Å². The fourth-order valence-electron chi connectivity index (χ4n) is 4.41. The molecule has 1 amide bonds. The van der Waals surface area contributed by atoms with Crippen LogP contribution in [-0.2, 0) is 4.79 Å². The Kier molecular flexibility index (Phi) is 9.29. The average molecular weight is 441 g/mol. The number of nitrogens with one attached hydrogen (secondary N) is 2. The summed E-state index contributed by atoms with van der Waals surface area (Å²) < 4.78 is 0. The molecule has 4 N–H and O–H groups in total. The Morgan fingerprint density at radius 2 is 1.97 bits per heavy atom. The maximum Gasteiger partial charge on any atom is 0.245 e. The number of amides is 1. The van der Waals surface area contributed by atoms with Crippen molar-refractivity contribution < 1.29 is 4.79 Å². The predicted molar refractivity (Wildman–Crippen MR) is 129 cm³/mol. The fraction of sp³-hybridized carbons (Fsp3) is 0.864. The van der Waals surface area contributed by atoms with Crippen molar-refractivity contribution in [3.05, 3.63) is 0 Å². The third-order valence-corrected chi connectivity index (χ3v) is 7.11. The highest BCUT2D eigenvalue weighted by molar-refractivity contribution is 7.80. The van der Waals surface area contributed by atoms with Crippen LogP contribution in [-0.4, -0.2) is 52.5 Å². The lowest BCUT2D eigenvalue weighted by Crippen LogP contribution is -2.57. The van der Waals surface area contributed by atoms with Crippen molar-refractivity contribution in [3.63, 3.8) is 0 Å². The number of thiocarbonyl (C=S) groups is 2. The van der Waals surface area contributed by atoms with Crippen molar-refractivity contribution in [1.82, 2.24) is 15.5 Å². The molecule has 2 aliphatic rings. The molecule has 2 rings (SSSR count). The van der Waals surface area contributed by atoms with Gasteiger partial charge in [0.2, 0.25) is 5.91 Å². The highest BCUT2D eigenvalue weighted by Gasteiger charge is 2.39. The van der Waals surface area contributed by atoms with Crippen LogP contribution in [0.3, 0.4) is 0 Å². The molecule has 2 atom stereocenters. The Bertz CT molecular complexity index is 584. The van der Waals surface area contributed by atoms with E-state index in [4.69, 9.17) is 30.2 Å². The molecule has 0 aromatic rings. The molecule has 166 valence electrons. The molecule has 7 heteroatoms. The predicted octanol–water partition coefficient (Wildman–Crippen LogP) is 3.40. The van der Waals surface area contributed by atoms with Crippen LogP contribution in [0.15, 0.2) is 0 Å². The van der Waals surface area contributed by atoms with E-state index in [0.29, 0.717) is 10.9 Å². The molecule has 2 fully saturated rings. The molecule has 0 aromatic heterocycles. The van der Waals surface area contributed by atoms with Gasteiger partial charge in [-0.15, -0.1) is 0 Å². The summed E-state index contributed by atoms with van der Waals surface area (Å²) in [5.74, 6) is 1.50. The van der Waals surface area contributed by atoms with Gasteiger partial charge in [-0.3, -0.25) is 4.79 Å². The molecule has 2 unspecified atom stereocenters.